The fourth-order valence-corrected chi connectivity index (χ4v) is 6.00. The maximum atomic E-state index is 13.1. The molecule has 3 aromatic rings. The molecular formula is C25H26N4O3S. The average molecular weight is 463 g/mol. The van der Waals surface area contributed by atoms with E-state index in [-0.39, 0.29) is 17.7 Å². The third-order valence-electron chi connectivity index (χ3n) is 6.79. The molecule has 5 rings (SSSR count). The zero-order valence-corrected chi connectivity index (χ0v) is 19.4. The second kappa shape index (κ2) is 8.26. The molecule has 0 aliphatic carbocycles. The van der Waals surface area contributed by atoms with E-state index in [1.165, 1.54) is 4.70 Å². The van der Waals surface area contributed by atoms with Crippen LogP contribution in [0.3, 0.4) is 0 Å². The Bertz CT molecular complexity index is 1190. The minimum atomic E-state index is -1.12. The third-order valence-corrected chi connectivity index (χ3v) is 7.99. The first-order valence-corrected chi connectivity index (χ1v) is 12.1. The molecule has 170 valence electrons. The third kappa shape index (κ3) is 3.68. The van der Waals surface area contributed by atoms with Crippen LogP contribution < -0.4 is 10.6 Å². The minimum Gasteiger partial charge on any atom is -0.339 e. The number of carbonyl (C=O) groups is 3. The van der Waals surface area contributed by atoms with Crippen molar-refractivity contribution >= 4 is 39.4 Å². The molecule has 33 heavy (non-hydrogen) atoms. The molecule has 2 aromatic carbocycles. The first-order valence-electron chi connectivity index (χ1n) is 11.3. The molecular weight excluding hydrogens is 436 g/mol. The van der Waals surface area contributed by atoms with Gasteiger partial charge in [-0.05, 0) is 48.6 Å². The van der Waals surface area contributed by atoms with Crippen molar-refractivity contribution in [3.05, 3.63) is 64.7 Å². The molecule has 1 aromatic heterocycles. The minimum absolute atomic E-state index is 0.0113. The highest BCUT2D eigenvalue weighted by Crippen LogP contribution is 2.35. The summed E-state index contributed by atoms with van der Waals surface area (Å²) in [5, 5.41) is 6.27. The molecule has 8 heteroatoms. The van der Waals surface area contributed by atoms with Crippen LogP contribution in [0.1, 0.15) is 53.5 Å². The Morgan fingerprint density at radius 1 is 1.09 bits per heavy atom. The Hall–Kier alpha value is -3.26. The normalized spacial score (nSPS) is 21.5. The summed E-state index contributed by atoms with van der Waals surface area (Å²) in [6.07, 6.45) is 1.79. The number of piperidine rings is 1. The van der Waals surface area contributed by atoms with E-state index in [9.17, 15) is 14.4 Å². The molecule has 0 radical (unpaired) electrons. The largest absolute Gasteiger partial charge is 0.339 e. The smallest absolute Gasteiger partial charge is 0.322 e. The number of imide groups is 1. The van der Waals surface area contributed by atoms with Crippen LogP contribution in [0.2, 0.25) is 0 Å². The quantitative estimate of drug-likeness (QED) is 0.573. The number of benzene rings is 2. The van der Waals surface area contributed by atoms with Gasteiger partial charge in [0.05, 0.1) is 15.2 Å². The van der Waals surface area contributed by atoms with Gasteiger partial charge >= 0.3 is 6.03 Å². The number of aromatic nitrogens is 1. The summed E-state index contributed by atoms with van der Waals surface area (Å²) >= 11 is 1.75. The number of nitrogens with one attached hydrogen (secondary N) is 2. The topological polar surface area (TPSA) is 91.4 Å². The molecule has 1 atom stereocenters. The van der Waals surface area contributed by atoms with Crippen molar-refractivity contribution < 1.29 is 14.4 Å². The molecule has 2 aliphatic heterocycles. The van der Waals surface area contributed by atoms with Crippen LogP contribution in [0.4, 0.5) is 4.79 Å². The fraction of sp³-hybridized carbons (Fsp3) is 0.360. The second-order valence-electron chi connectivity index (χ2n) is 9.03. The van der Waals surface area contributed by atoms with Gasteiger partial charge in [0.2, 0.25) is 0 Å². The zero-order chi connectivity index (χ0) is 23.2. The van der Waals surface area contributed by atoms with Crippen LogP contribution in [0.15, 0.2) is 48.5 Å². The lowest BCUT2D eigenvalue weighted by atomic mass is 9.79. The molecule has 2 fully saturated rings. The number of hydrogen-bond acceptors (Lipinski definition) is 5. The van der Waals surface area contributed by atoms with E-state index in [2.05, 4.69) is 16.7 Å². The van der Waals surface area contributed by atoms with Crippen molar-refractivity contribution in [1.82, 2.24) is 20.5 Å². The number of nitrogens with zero attached hydrogens (tertiary/aromatic N) is 2. The van der Waals surface area contributed by atoms with Crippen LogP contribution >= 0.6 is 11.3 Å². The molecule has 0 saturated carbocycles. The number of para-hydroxylation sites is 1. The highest BCUT2D eigenvalue weighted by Gasteiger charge is 2.50. The van der Waals surface area contributed by atoms with E-state index in [1.807, 2.05) is 36.9 Å². The number of likely N-dealkylation sites (tertiary alicyclic amines) is 1. The molecule has 1 unspecified atom stereocenters. The number of rotatable bonds is 4. The second-order valence-corrected chi connectivity index (χ2v) is 10.1. The molecule has 4 amide bonds. The van der Waals surface area contributed by atoms with Crippen LogP contribution in [0, 0.1) is 5.92 Å². The first-order chi connectivity index (χ1) is 15.9. The van der Waals surface area contributed by atoms with Gasteiger partial charge in [-0.25, -0.2) is 9.78 Å². The van der Waals surface area contributed by atoms with Gasteiger partial charge in [0.15, 0.2) is 0 Å². The molecule has 2 saturated heterocycles. The van der Waals surface area contributed by atoms with Gasteiger partial charge < -0.3 is 10.2 Å². The number of thiazole rings is 1. The van der Waals surface area contributed by atoms with E-state index in [0.717, 1.165) is 23.4 Å². The van der Waals surface area contributed by atoms with Crippen molar-refractivity contribution in [2.24, 2.45) is 5.92 Å². The van der Waals surface area contributed by atoms with Crippen LogP contribution in [-0.4, -0.2) is 40.8 Å². The van der Waals surface area contributed by atoms with E-state index < -0.39 is 11.6 Å². The van der Waals surface area contributed by atoms with Gasteiger partial charge in [-0.3, -0.25) is 14.9 Å². The number of carbonyl (C=O) groups excluding carboxylic acids is 3. The van der Waals surface area contributed by atoms with Gasteiger partial charge in [0, 0.05) is 24.6 Å². The number of amides is 4. The molecule has 0 spiro atoms. The van der Waals surface area contributed by atoms with Crippen molar-refractivity contribution in [1.29, 1.82) is 0 Å². The summed E-state index contributed by atoms with van der Waals surface area (Å²) < 4.78 is 1.21. The lowest BCUT2D eigenvalue weighted by Gasteiger charge is -2.32. The Morgan fingerprint density at radius 2 is 1.79 bits per heavy atom. The maximum Gasteiger partial charge on any atom is 0.322 e. The lowest BCUT2D eigenvalue weighted by molar-refractivity contribution is -0.125. The maximum absolute atomic E-state index is 13.1. The monoisotopic (exact) mass is 462 g/mol. The van der Waals surface area contributed by atoms with E-state index in [4.69, 9.17) is 4.98 Å². The molecule has 3 heterocycles. The summed E-state index contributed by atoms with van der Waals surface area (Å²) in [5.74, 6) is -0.141. The van der Waals surface area contributed by atoms with Gasteiger partial charge in [0.1, 0.15) is 5.54 Å². The van der Waals surface area contributed by atoms with Crippen LogP contribution in [0.5, 0.6) is 0 Å². The van der Waals surface area contributed by atoms with Crippen LogP contribution in [-0.2, 0) is 10.3 Å². The van der Waals surface area contributed by atoms with E-state index >= 15 is 0 Å². The Kier molecular flexibility index (Phi) is 5.40. The van der Waals surface area contributed by atoms with Crippen LogP contribution in [0.25, 0.3) is 10.2 Å². The summed E-state index contributed by atoms with van der Waals surface area (Å²) in [5.41, 5.74) is 1.18. The Morgan fingerprint density at radius 3 is 2.39 bits per heavy atom. The summed E-state index contributed by atoms with van der Waals surface area (Å²) in [6, 6.07) is 14.7. The SMILES string of the molecule is CC(C)C1(c2ccc(C(=O)N3CCC(c4nc5ccccc5s4)CC3)cc2)NC(=O)NC1=O. The Balaban J connectivity index is 1.28. The Labute approximate surface area is 196 Å². The lowest BCUT2D eigenvalue weighted by Crippen LogP contribution is -2.48. The highest BCUT2D eigenvalue weighted by molar-refractivity contribution is 7.18. The van der Waals surface area contributed by atoms with Gasteiger partial charge in [-0.1, -0.05) is 38.1 Å². The molecule has 2 N–H and O–H groups in total. The van der Waals surface area contributed by atoms with Gasteiger partial charge in [-0.2, -0.15) is 0 Å². The predicted molar refractivity (Wildman–Crippen MR) is 127 cm³/mol. The molecule has 0 bridgehead atoms. The van der Waals surface area contributed by atoms with E-state index in [1.54, 1.807) is 35.6 Å². The van der Waals surface area contributed by atoms with E-state index in [0.29, 0.717) is 30.1 Å². The zero-order valence-electron chi connectivity index (χ0n) is 18.6. The average Bonchev–Trinajstić information content (AvgIpc) is 3.39. The van der Waals surface area contributed by atoms with Crippen molar-refractivity contribution in [2.75, 3.05) is 13.1 Å². The highest BCUT2D eigenvalue weighted by atomic mass is 32.1. The van der Waals surface area contributed by atoms with Crippen molar-refractivity contribution in [2.45, 2.75) is 38.1 Å². The molecule has 2 aliphatic rings. The number of hydrogen-bond donors (Lipinski definition) is 2. The van der Waals surface area contributed by atoms with Crippen molar-refractivity contribution in [3.8, 4) is 0 Å². The first kappa shape index (κ1) is 21.6. The molecule has 7 nitrogen and oxygen atoms in total. The number of urea groups is 1. The summed E-state index contributed by atoms with van der Waals surface area (Å²) in [4.78, 5) is 44.1. The fourth-order valence-electron chi connectivity index (χ4n) is 4.86. The van der Waals surface area contributed by atoms with Gasteiger partial charge in [-0.15, -0.1) is 11.3 Å². The summed E-state index contributed by atoms with van der Waals surface area (Å²) in [6.45, 7) is 5.16. The predicted octanol–water partition coefficient (Wildman–Crippen LogP) is 4.01. The van der Waals surface area contributed by atoms with Gasteiger partial charge in [0.25, 0.3) is 11.8 Å². The summed E-state index contributed by atoms with van der Waals surface area (Å²) in [7, 11) is 0. The van der Waals surface area contributed by atoms with Crippen molar-refractivity contribution in [3.63, 3.8) is 0 Å². The standard InChI is InChI=1S/C25H26N4O3S/c1-15(2)25(23(31)27-24(32)28-25)18-9-7-17(8-10-18)22(30)29-13-11-16(12-14-29)21-26-19-5-3-4-6-20(19)33-21/h3-10,15-16H,11-14H2,1-2H3,(H2,27,28,31,32). The number of fused-ring (bicyclic) bond motifs is 1.